The minimum Gasteiger partial charge on any atom is -0.462 e. The third-order valence-electron chi connectivity index (χ3n) is 16.1. The molecular weight excluding hydrogens is 1160 g/mol. The van der Waals surface area contributed by atoms with Crippen LogP contribution < -0.4 is 0 Å². The molecular formula is C69H134O17P2. The Bertz CT molecular complexity index is 1690. The molecule has 0 aromatic rings. The van der Waals surface area contributed by atoms with Crippen molar-refractivity contribution in [2.45, 2.75) is 380 Å². The number of hydrogen-bond donors (Lipinski definition) is 3. The number of carbonyl (C=O) groups is 4. The molecule has 5 atom stereocenters. The number of rotatable bonds is 70. The largest absolute Gasteiger partial charge is 0.472 e. The third-order valence-corrected chi connectivity index (χ3v) is 18.0. The fraction of sp³-hybridized carbons (Fsp3) is 0.942. The molecule has 0 aromatic carbocycles. The van der Waals surface area contributed by atoms with Crippen molar-refractivity contribution in [1.29, 1.82) is 0 Å². The normalized spacial score (nSPS) is 14.0. The number of carbonyl (C=O) groups excluding carboxylic acids is 4. The molecule has 0 fully saturated rings. The molecule has 0 aliphatic carbocycles. The third kappa shape index (κ3) is 62.8. The maximum absolute atomic E-state index is 13.0. The summed E-state index contributed by atoms with van der Waals surface area (Å²) in [4.78, 5) is 72.2. The molecule has 0 amide bonds. The highest BCUT2D eigenvalue weighted by molar-refractivity contribution is 7.47. The van der Waals surface area contributed by atoms with Gasteiger partial charge in [0.15, 0.2) is 12.2 Å². The van der Waals surface area contributed by atoms with E-state index in [9.17, 15) is 43.2 Å². The molecule has 0 aliphatic heterocycles. The minimum atomic E-state index is -4.95. The lowest BCUT2D eigenvalue weighted by Crippen LogP contribution is -2.30. The predicted molar refractivity (Wildman–Crippen MR) is 354 cm³/mol. The van der Waals surface area contributed by atoms with Crippen LogP contribution >= 0.6 is 15.6 Å². The van der Waals surface area contributed by atoms with Gasteiger partial charge in [0.2, 0.25) is 0 Å². The van der Waals surface area contributed by atoms with Crippen LogP contribution in [0.25, 0.3) is 0 Å². The lowest BCUT2D eigenvalue weighted by atomic mass is 10.0. The van der Waals surface area contributed by atoms with Gasteiger partial charge in [-0.25, -0.2) is 9.13 Å². The van der Waals surface area contributed by atoms with Crippen LogP contribution in [0.15, 0.2) is 0 Å². The van der Waals surface area contributed by atoms with Crippen molar-refractivity contribution in [3.63, 3.8) is 0 Å². The van der Waals surface area contributed by atoms with Crippen molar-refractivity contribution in [3.05, 3.63) is 0 Å². The van der Waals surface area contributed by atoms with Gasteiger partial charge in [-0.2, -0.15) is 0 Å². The Morgan fingerprint density at radius 3 is 0.670 bits per heavy atom. The second-order valence-electron chi connectivity index (χ2n) is 24.9. The SMILES string of the molecule is CCCCCCCCCCCCCCCCCCCCC(=O)O[C@H](COC(=O)CCCCCCCCCCCCCCC)COP(=O)(O)OC[C@@H](O)COP(=O)(O)OC[C@@H](COC(=O)CCCCCCC)OC(=O)CCCCCCCCCCCCCC. The first-order chi connectivity index (χ1) is 42.7. The van der Waals surface area contributed by atoms with E-state index >= 15 is 0 Å². The average molecular weight is 1300 g/mol. The van der Waals surface area contributed by atoms with Crippen LogP contribution in [-0.4, -0.2) is 96.7 Å². The van der Waals surface area contributed by atoms with Crippen LogP contribution in [0.4, 0.5) is 0 Å². The summed E-state index contributed by atoms with van der Waals surface area (Å²) in [6, 6.07) is 0. The average Bonchev–Trinajstić information content (AvgIpc) is 3.51. The number of esters is 4. The zero-order chi connectivity index (χ0) is 64.7. The number of phosphoric ester groups is 2. The molecule has 0 saturated heterocycles. The van der Waals surface area contributed by atoms with Gasteiger partial charge in [0, 0.05) is 25.7 Å². The monoisotopic (exact) mass is 1300 g/mol. The highest BCUT2D eigenvalue weighted by Crippen LogP contribution is 2.45. The summed E-state index contributed by atoms with van der Waals surface area (Å²) in [6.45, 7) is 4.86. The molecule has 19 heteroatoms. The number of unbranched alkanes of at least 4 members (excludes halogenated alkanes) is 44. The van der Waals surface area contributed by atoms with E-state index in [1.54, 1.807) is 0 Å². The topological polar surface area (TPSA) is 237 Å². The summed E-state index contributed by atoms with van der Waals surface area (Å²) < 4.78 is 68.0. The first kappa shape index (κ1) is 86.1. The Hall–Kier alpha value is -1.94. The van der Waals surface area contributed by atoms with Crippen molar-refractivity contribution in [2.75, 3.05) is 39.6 Å². The van der Waals surface area contributed by atoms with E-state index < -0.39 is 97.5 Å². The van der Waals surface area contributed by atoms with Gasteiger partial charge in [0.1, 0.15) is 19.3 Å². The van der Waals surface area contributed by atoms with Gasteiger partial charge in [-0.15, -0.1) is 0 Å². The molecule has 0 saturated carbocycles. The van der Waals surface area contributed by atoms with Gasteiger partial charge in [0.05, 0.1) is 26.4 Å². The molecule has 0 spiro atoms. The van der Waals surface area contributed by atoms with Crippen LogP contribution in [0.1, 0.15) is 362 Å². The first-order valence-corrected chi connectivity index (χ1v) is 39.3. The second kappa shape index (κ2) is 63.8. The Labute approximate surface area is 537 Å². The number of aliphatic hydroxyl groups is 1. The van der Waals surface area contributed by atoms with Gasteiger partial charge in [-0.1, -0.05) is 310 Å². The second-order valence-corrected chi connectivity index (χ2v) is 27.8. The van der Waals surface area contributed by atoms with E-state index in [2.05, 4.69) is 27.7 Å². The van der Waals surface area contributed by atoms with Crippen molar-refractivity contribution in [2.24, 2.45) is 0 Å². The maximum Gasteiger partial charge on any atom is 0.472 e. The standard InChI is InChI=1S/C69H134O17P2/c1-5-9-13-17-20-23-26-29-30-31-32-33-35-38-41-44-48-52-56-69(74)86-65(60-80-67(72)54-50-46-42-39-37-34-27-24-21-18-14-10-6-2)62-84-88(77,78)82-58-63(70)57-81-87(75,76)83-61-64(59-79-66(71)53-49-45-16-12-8-4)85-68(73)55-51-47-43-40-36-28-25-22-19-15-11-7-3/h63-65,70H,5-62H2,1-4H3,(H,75,76)(H,77,78)/t63-,64+,65+/m0/s1. The highest BCUT2D eigenvalue weighted by atomic mass is 31.2. The molecule has 88 heavy (non-hydrogen) atoms. The Kier molecular flexibility index (Phi) is 62.4. The quantitative estimate of drug-likeness (QED) is 0.0222. The Morgan fingerprint density at radius 1 is 0.273 bits per heavy atom. The van der Waals surface area contributed by atoms with Crippen molar-refractivity contribution in [3.8, 4) is 0 Å². The summed E-state index contributed by atoms with van der Waals surface area (Å²) in [5.74, 6) is -2.13. The van der Waals surface area contributed by atoms with E-state index in [0.29, 0.717) is 25.7 Å². The molecule has 0 rings (SSSR count). The smallest absolute Gasteiger partial charge is 0.462 e. The van der Waals surface area contributed by atoms with Gasteiger partial charge < -0.3 is 33.8 Å². The number of phosphoric acid groups is 2. The van der Waals surface area contributed by atoms with E-state index in [1.807, 2.05) is 0 Å². The Balaban J connectivity index is 5.14. The van der Waals surface area contributed by atoms with Crippen molar-refractivity contribution in [1.82, 2.24) is 0 Å². The van der Waals surface area contributed by atoms with Crippen LogP contribution in [0.3, 0.4) is 0 Å². The molecule has 17 nitrogen and oxygen atoms in total. The number of aliphatic hydroxyl groups excluding tert-OH is 1. The lowest BCUT2D eigenvalue weighted by Gasteiger charge is -2.21. The van der Waals surface area contributed by atoms with Crippen LogP contribution in [0.5, 0.6) is 0 Å². The molecule has 3 N–H and O–H groups in total. The summed E-state index contributed by atoms with van der Waals surface area (Å²) >= 11 is 0. The van der Waals surface area contributed by atoms with Gasteiger partial charge in [0.25, 0.3) is 0 Å². The number of hydrogen-bond acceptors (Lipinski definition) is 15. The zero-order valence-electron chi connectivity index (χ0n) is 56.7. The predicted octanol–water partition coefficient (Wildman–Crippen LogP) is 19.9. The molecule has 0 heterocycles. The summed E-state index contributed by atoms with van der Waals surface area (Å²) in [7, 11) is -9.89. The van der Waals surface area contributed by atoms with Crippen LogP contribution in [0, 0.1) is 0 Å². The van der Waals surface area contributed by atoms with E-state index in [0.717, 1.165) is 96.3 Å². The molecule has 0 bridgehead atoms. The van der Waals surface area contributed by atoms with Gasteiger partial charge >= 0.3 is 39.5 Å². The van der Waals surface area contributed by atoms with E-state index in [4.69, 9.17) is 37.0 Å². The van der Waals surface area contributed by atoms with Crippen LogP contribution in [0.2, 0.25) is 0 Å². The van der Waals surface area contributed by atoms with Gasteiger partial charge in [-0.05, 0) is 25.7 Å². The molecule has 2 unspecified atom stereocenters. The van der Waals surface area contributed by atoms with E-state index in [-0.39, 0.29) is 25.7 Å². The maximum atomic E-state index is 13.0. The highest BCUT2D eigenvalue weighted by Gasteiger charge is 2.30. The van der Waals surface area contributed by atoms with Gasteiger partial charge in [-0.3, -0.25) is 37.3 Å². The molecule has 0 aliphatic rings. The fourth-order valence-electron chi connectivity index (χ4n) is 10.5. The lowest BCUT2D eigenvalue weighted by molar-refractivity contribution is -0.161. The number of ether oxygens (including phenoxy) is 4. The van der Waals surface area contributed by atoms with E-state index in [1.165, 1.54) is 186 Å². The summed E-state index contributed by atoms with van der Waals surface area (Å²) in [5, 5.41) is 10.5. The zero-order valence-corrected chi connectivity index (χ0v) is 58.5. The molecule has 0 aromatic heterocycles. The first-order valence-electron chi connectivity index (χ1n) is 36.3. The summed E-state index contributed by atoms with van der Waals surface area (Å²) in [6.07, 6.45) is 51.6. The van der Waals surface area contributed by atoms with Crippen LogP contribution in [-0.2, 0) is 65.4 Å². The van der Waals surface area contributed by atoms with Crippen molar-refractivity contribution < 1.29 is 80.2 Å². The Morgan fingerprint density at radius 2 is 0.455 bits per heavy atom. The summed E-state index contributed by atoms with van der Waals surface area (Å²) in [5.41, 5.74) is 0. The fourth-order valence-corrected chi connectivity index (χ4v) is 12.1. The molecule has 522 valence electrons. The minimum absolute atomic E-state index is 0.107. The molecule has 0 radical (unpaired) electrons. The van der Waals surface area contributed by atoms with Crippen molar-refractivity contribution >= 4 is 39.5 Å².